The van der Waals surface area contributed by atoms with Crippen molar-refractivity contribution in [3.8, 4) is 0 Å². The zero-order valence-electron chi connectivity index (χ0n) is 18.7. The first-order chi connectivity index (χ1) is 16.2. The van der Waals surface area contributed by atoms with Gasteiger partial charge in [0, 0.05) is 50.9 Å². The van der Waals surface area contributed by atoms with Gasteiger partial charge >= 0.3 is 0 Å². The number of carbonyl (C=O) groups excluding carboxylic acids is 2. The van der Waals surface area contributed by atoms with Crippen molar-refractivity contribution < 1.29 is 26.8 Å². The molecule has 2 fully saturated rings. The van der Waals surface area contributed by atoms with Gasteiger partial charge in [-0.15, -0.1) is 0 Å². The maximum atomic E-state index is 14.1. The van der Waals surface area contributed by atoms with Crippen LogP contribution in [-0.4, -0.2) is 68.7 Å². The van der Waals surface area contributed by atoms with Gasteiger partial charge in [0.2, 0.25) is 21.8 Å². The minimum Gasteiger partial charge on any atom is -0.326 e. The van der Waals surface area contributed by atoms with Crippen molar-refractivity contribution in [2.24, 2.45) is 5.92 Å². The van der Waals surface area contributed by atoms with E-state index in [1.54, 1.807) is 0 Å². The quantitative estimate of drug-likeness (QED) is 0.668. The highest BCUT2D eigenvalue weighted by molar-refractivity contribution is 7.89. The molecule has 1 N–H and O–H groups in total. The molecular formula is C23H26F2N4O4S. The van der Waals surface area contributed by atoms with E-state index in [1.807, 2.05) is 6.92 Å². The van der Waals surface area contributed by atoms with Gasteiger partial charge in [0.1, 0.15) is 11.6 Å². The van der Waals surface area contributed by atoms with Crippen LogP contribution < -0.4 is 10.2 Å². The number of anilines is 2. The molecule has 2 heterocycles. The van der Waals surface area contributed by atoms with Gasteiger partial charge < -0.3 is 15.1 Å². The summed E-state index contributed by atoms with van der Waals surface area (Å²) in [5.74, 6) is -3.23. The molecule has 2 aliphatic rings. The van der Waals surface area contributed by atoms with E-state index < -0.39 is 39.4 Å². The van der Waals surface area contributed by atoms with Gasteiger partial charge in [-0.2, -0.15) is 4.31 Å². The largest absolute Gasteiger partial charge is 0.326 e. The average molecular weight is 493 g/mol. The number of nitrogens with one attached hydrogen (secondary N) is 1. The Balaban J connectivity index is 1.39. The maximum absolute atomic E-state index is 14.1. The van der Waals surface area contributed by atoms with Crippen molar-refractivity contribution in [3.63, 3.8) is 0 Å². The van der Waals surface area contributed by atoms with Crippen LogP contribution in [0.3, 0.4) is 0 Å². The number of likely N-dealkylation sites (N-methyl/N-ethyl adjacent to an activating group) is 1. The van der Waals surface area contributed by atoms with Crippen LogP contribution in [0.5, 0.6) is 0 Å². The second-order valence-electron chi connectivity index (χ2n) is 8.35. The summed E-state index contributed by atoms with van der Waals surface area (Å²) in [6.45, 7) is 5.10. The third-order valence-corrected chi connectivity index (χ3v) is 8.15. The number of benzene rings is 2. The lowest BCUT2D eigenvalue weighted by atomic mass is 10.1. The van der Waals surface area contributed by atoms with Gasteiger partial charge in [0.15, 0.2) is 0 Å². The van der Waals surface area contributed by atoms with Crippen LogP contribution in [0.25, 0.3) is 0 Å². The van der Waals surface area contributed by atoms with E-state index in [0.717, 1.165) is 17.5 Å². The number of halogens is 2. The molecule has 8 nitrogen and oxygen atoms in total. The Morgan fingerprint density at radius 3 is 2.35 bits per heavy atom. The SMILES string of the molecule is CCN1CCN(S(=O)(=O)c2ccc(NC(=O)C3CC(=O)N(c4ccc(F)cc4F)C3)cc2)CC1. The standard InChI is InChI=1S/C23H26F2N4O4S/c1-2-27-9-11-28(12-10-27)34(32,33)19-6-4-18(5-7-19)26-23(31)16-13-22(30)29(15-16)21-8-3-17(24)14-20(21)25/h3-8,14,16H,2,9-13,15H2,1H3,(H,26,31). The predicted molar refractivity (Wildman–Crippen MR) is 123 cm³/mol. The molecule has 1 atom stereocenters. The lowest BCUT2D eigenvalue weighted by Crippen LogP contribution is -2.48. The van der Waals surface area contributed by atoms with Crippen molar-refractivity contribution in [1.82, 2.24) is 9.21 Å². The summed E-state index contributed by atoms with van der Waals surface area (Å²) < 4.78 is 54.5. The smallest absolute Gasteiger partial charge is 0.243 e. The van der Waals surface area contributed by atoms with Crippen LogP contribution >= 0.6 is 0 Å². The number of carbonyl (C=O) groups is 2. The molecule has 1 unspecified atom stereocenters. The van der Waals surface area contributed by atoms with E-state index in [1.165, 1.54) is 34.6 Å². The molecule has 0 radical (unpaired) electrons. The second-order valence-corrected chi connectivity index (χ2v) is 10.3. The highest BCUT2D eigenvalue weighted by Gasteiger charge is 2.36. The number of rotatable bonds is 6. The van der Waals surface area contributed by atoms with Crippen LogP contribution in [0.15, 0.2) is 47.4 Å². The monoisotopic (exact) mass is 492 g/mol. The first-order valence-corrected chi connectivity index (χ1v) is 12.5. The number of piperazine rings is 1. The van der Waals surface area contributed by atoms with Crippen molar-refractivity contribution in [1.29, 1.82) is 0 Å². The third kappa shape index (κ3) is 4.96. The fraction of sp³-hybridized carbons (Fsp3) is 0.391. The van der Waals surface area contributed by atoms with Crippen LogP contribution in [0.2, 0.25) is 0 Å². The molecule has 0 bridgehead atoms. The van der Waals surface area contributed by atoms with Crippen LogP contribution in [0.4, 0.5) is 20.2 Å². The molecule has 2 saturated heterocycles. The summed E-state index contributed by atoms with van der Waals surface area (Å²) in [4.78, 5) is 28.5. The van der Waals surface area contributed by atoms with E-state index >= 15 is 0 Å². The van der Waals surface area contributed by atoms with Gasteiger partial charge in [-0.1, -0.05) is 6.92 Å². The average Bonchev–Trinajstić information content (AvgIpc) is 3.21. The molecule has 0 spiro atoms. The molecule has 2 aliphatic heterocycles. The highest BCUT2D eigenvalue weighted by Crippen LogP contribution is 2.29. The molecule has 0 aromatic heterocycles. The zero-order valence-corrected chi connectivity index (χ0v) is 19.5. The Labute approximate surface area is 197 Å². The number of sulfonamides is 1. The fourth-order valence-corrected chi connectivity index (χ4v) is 5.63. The van der Waals surface area contributed by atoms with Crippen LogP contribution in [0.1, 0.15) is 13.3 Å². The van der Waals surface area contributed by atoms with Crippen LogP contribution in [0, 0.1) is 17.6 Å². The Kier molecular flexibility index (Phi) is 6.96. The number of hydrogen-bond donors (Lipinski definition) is 1. The molecule has 4 rings (SSSR count). The first kappa shape index (κ1) is 24.2. The molecule has 0 aliphatic carbocycles. The minimum absolute atomic E-state index is 0.0383. The van der Waals surface area contributed by atoms with E-state index in [2.05, 4.69) is 10.2 Å². The Bertz CT molecular complexity index is 1180. The molecule has 2 aromatic carbocycles. The predicted octanol–water partition coefficient (Wildman–Crippen LogP) is 2.28. The second kappa shape index (κ2) is 9.77. The van der Waals surface area contributed by atoms with Crippen molar-refractivity contribution in [2.75, 3.05) is 49.5 Å². The summed E-state index contributed by atoms with van der Waals surface area (Å²) in [6.07, 6.45) is -0.112. The van der Waals surface area contributed by atoms with Crippen molar-refractivity contribution in [3.05, 3.63) is 54.1 Å². The van der Waals surface area contributed by atoms with E-state index in [0.29, 0.717) is 37.9 Å². The Morgan fingerprint density at radius 2 is 1.74 bits per heavy atom. The highest BCUT2D eigenvalue weighted by atomic mass is 32.2. The molecule has 2 amide bonds. The molecule has 11 heteroatoms. The minimum atomic E-state index is -3.63. The van der Waals surface area contributed by atoms with Crippen molar-refractivity contribution >= 4 is 33.2 Å². The topological polar surface area (TPSA) is 90.0 Å². The summed E-state index contributed by atoms with van der Waals surface area (Å²) in [6, 6.07) is 8.80. The van der Waals surface area contributed by atoms with Gasteiger partial charge in [0.25, 0.3) is 0 Å². The van der Waals surface area contributed by atoms with Gasteiger partial charge in [-0.3, -0.25) is 9.59 Å². The van der Waals surface area contributed by atoms with E-state index in [9.17, 15) is 26.8 Å². The summed E-state index contributed by atoms with van der Waals surface area (Å²) in [5, 5.41) is 2.69. The van der Waals surface area contributed by atoms with E-state index in [-0.39, 0.29) is 23.5 Å². The number of hydrogen-bond acceptors (Lipinski definition) is 5. The van der Waals surface area contributed by atoms with E-state index in [4.69, 9.17) is 0 Å². The molecule has 182 valence electrons. The number of amides is 2. The van der Waals surface area contributed by atoms with Gasteiger partial charge in [0.05, 0.1) is 16.5 Å². The Morgan fingerprint density at radius 1 is 1.06 bits per heavy atom. The van der Waals surface area contributed by atoms with Gasteiger partial charge in [-0.25, -0.2) is 17.2 Å². The van der Waals surface area contributed by atoms with Crippen LogP contribution in [-0.2, 0) is 19.6 Å². The summed E-state index contributed by atoms with van der Waals surface area (Å²) in [7, 11) is -3.63. The van der Waals surface area contributed by atoms with Gasteiger partial charge in [-0.05, 0) is 42.9 Å². The molecule has 2 aromatic rings. The fourth-order valence-electron chi connectivity index (χ4n) is 4.21. The lowest BCUT2D eigenvalue weighted by Gasteiger charge is -2.33. The summed E-state index contributed by atoms with van der Waals surface area (Å²) in [5.41, 5.74) is 0.314. The normalized spacial score (nSPS) is 20.0. The molecule has 34 heavy (non-hydrogen) atoms. The molecule has 0 saturated carbocycles. The zero-order chi connectivity index (χ0) is 24.5. The number of nitrogens with zero attached hydrogens (tertiary/aromatic N) is 3. The first-order valence-electron chi connectivity index (χ1n) is 11.1. The Hall–Kier alpha value is -2.89. The summed E-state index contributed by atoms with van der Waals surface area (Å²) >= 11 is 0. The third-order valence-electron chi connectivity index (χ3n) is 6.23. The maximum Gasteiger partial charge on any atom is 0.243 e. The lowest BCUT2D eigenvalue weighted by molar-refractivity contribution is -0.122. The van der Waals surface area contributed by atoms with Crippen molar-refractivity contribution in [2.45, 2.75) is 18.2 Å². The molecular weight excluding hydrogens is 466 g/mol.